The molecule has 0 saturated carbocycles. The summed E-state index contributed by atoms with van der Waals surface area (Å²) in [5.41, 5.74) is -0.696. The monoisotopic (exact) mass is 262 g/mol. The molecule has 0 heterocycles. The van der Waals surface area contributed by atoms with E-state index in [0.29, 0.717) is 10.8 Å². The summed E-state index contributed by atoms with van der Waals surface area (Å²) >= 11 is 0. The van der Waals surface area contributed by atoms with Crippen LogP contribution in [0.1, 0.15) is 6.92 Å². The standard InChI is InChI=1S/C12H10N2O5/c1-2-19-12-9-6-4-3-5-8(9)10(13(15)16)7-11(12)14(17)18/h3-7H,2H2,1H3. The van der Waals surface area contributed by atoms with Crippen LogP contribution in [-0.4, -0.2) is 16.5 Å². The Kier molecular flexibility index (Phi) is 3.28. The first-order valence-electron chi connectivity index (χ1n) is 5.53. The number of benzene rings is 2. The average molecular weight is 262 g/mol. The van der Waals surface area contributed by atoms with Crippen LogP contribution >= 0.6 is 0 Å². The quantitative estimate of drug-likeness (QED) is 0.623. The van der Waals surface area contributed by atoms with Crippen molar-refractivity contribution in [2.75, 3.05) is 6.61 Å². The van der Waals surface area contributed by atoms with Crippen LogP contribution in [0.4, 0.5) is 11.4 Å². The maximum atomic E-state index is 11.0. The predicted octanol–water partition coefficient (Wildman–Crippen LogP) is 3.05. The van der Waals surface area contributed by atoms with E-state index in [-0.39, 0.29) is 18.0 Å². The highest BCUT2D eigenvalue weighted by atomic mass is 16.6. The zero-order valence-corrected chi connectivity index (χ0v) is 10.0. The number of non-ortho nitro benzene ring substituents is 1. The van der Waals surface area contributed by atoms with Crippen molar-refractivity contribution in [2.24, 2.45) is 0 Å². The van der Waals surface area contributed by atoms with Gasteiger partial charge in [-0.1, -0.05) is 18.2 Å². The third kappa shape index (κ3) is 2.17. The molecule has 0 aliphatic heterocycles. The zero-order valence-electron chi connectivity index (χ0n) is 10.0. The molecule has 0 aromatic heterocycles. The van der Waals surface area contributed by atoms with E-state index in [4.69, 9.17) is 4.74 Å². The lowest BCUT2D eigenvalue weighted by molar-refractivity contribution is -0.393. The predicted molar refractivity (Wildman–Crippen MR) is 68.4 cm³/mol. The molecule has 98 valence electrons. The number of nitrogens with zero attached hydrogens (tertiary/aromatic N) is 2. The summed E-state index contributed by atoms with van der Waals surface area (Å²) in [4.78, 5) is 20.7. The first-order chi connectivity index (χ1) is 9.06. The van der Waals surface area contributed by atoms with E-state index in [2.05, 4.69) is 0 Å². The number of nitro benzene ring substituents is 2. The van der Waals surface area contributed by atoms with Crippen LogP contribution in [0.5, 0.6) is 5.75 Å². The molecule has 0 aliphatic carbocycles. The van der Waals surface area contributed by atoms with Gasteiger partial charge in [-0.15, -0.1) is 0 Å². The Morgan fingerprint density at radius 1 is 1.05 bits per heavy atom. The summed E-state index contributed by atoms with van der Waals surface area (Å²) < 4.78 is 5.28. The van der Waals surface area contributed by atoms with Gasteiger partial charge in [0.15, 0.2) is 0 Å². The van der Waals surface area contributed by atoms with Gasteiger partial charge in [0.2, 0.25) is 5.75 Å². The Bertz CT molecular complexity index is 668. The van der Waals surface area contributed by atoms with Crippen molar-refractivity contribution < 1.29 is 14.6 Å². The average Bonchev–Trinajstić information content (AvgIpc) is 2.38. The number of rotatable bonds is 4. The van der Waals surface area contributed by atoms with Gasteiger partial charge in [-0.25, -0.2) is 0 Å². The first kappa shape index (κ1) is 12.7. The van der Waals surface area contributed by atoms with Crippen LogP contribution in [0.15, 0.2) is 30.3 Å². The second-order valence-electron chi connectivity index (χ2n) is 3.74. The molecule has 2 rings (SSSR count). The molecular formula is C12H10N2O5. The highest BCUT2D eigenvalue weighted by molar-refractivity contribution is 5.98. The lowest BCUT2D eigenvalue weighted by Crippen LogP contribution is -2.00. The van der Waals surface area contributed by atoms with Crippen LogP contribution in [0.2, 0.25) is 0 Å². The Morgan fingerprint density at radius 3 is 2.16 bits per heavy atom. The third-order valence-electron chi connectivity index (χ3n) is 2.64. The van der Waals surface area contributed by atoms with Crippen molar-refractivity contribution in [3.05, 3.63) is 50.6 Å². The fourth-order valence-corrected chi connectivity index (χ4v) is 1.90. The van der Waals surface area contributed by atoms with Crippen molar-refractivity contribution in [2.45, 2.75) is 6.92 Å². The molecular weight excluding hydrogens is 252 g/mol. The lowest BCUT2D eigenvalue weighted by Gasteiger charge is -2.08. The summed E-state index contributed by atoms with van der Waals surface area (Å²) in [6, 6.07) is 7.34. The minimum absolute atomic E-state index is 0.0636. The smallest absolute Gasteiger partial charge is 0.318 e. The van der Waals surface area contributed by atoms with Crippen LogP contribution in [0.3, 0.4) is 0 Å². The van der Waals surface area contributed by atoms with Gasteiger partial charge in [-0.05, 0) is 13.0 Å². The second kappa shape index (κ2) is 4.89. The summed E-state index contributed by atoms with van der Waals surface area (Å²) in [5, 5.41) is 22.7. The maximum absolute atomic E-state index is 11.0. The summed E-state index contributed by atoms with van der Waals surface area (Å²) in [7, 11) is 0. The van der Waals surface area contributed by atoms with Gasteiger partial charge in [0.25, 0.3) is 5.69 Å². The highest BCUT2D eigenvalue weighted by Crippen LogP contribution is 2.40. The lowest BCUT2D eigenvalue weighted by atomic mass is 10.1. The van der Waals surface area contributed by atoms with E-state index in [0.717, 1.165) is 6.07 Å². The SMILES string of the molecule is CCOc1c([N+](=O)[O-])cc([N+](=O)[O-])c2ccccc12. The summed E-state index contributed by atoms with van der Waals surface area (Å²) in [6.07, 6.45) is 0. The van der Waals surface area contributed by atoms with E-state index in [9.17, 15) is 20.2 Å². The molecule has 0 aliphatic rings. The Morgan fingerprint density at radius 2 is 1.63 bits per heavy atom. The molecule has 0 bridgehead atoms. The molecule has 0 radical (unpaired) electrons. The second-order valence-corrected chi connectivity index (χ2v) is 3.74. The molecule has 7 heteroatoms. The van der Waals surface area contributed by atoms with E-state index in [1.807, 2.05) is 0 Å². The number of ether oxygens (including phenoxy) is 1. The zero-order chi connectivity index (χ0) is 14.0. The summed E-state index contributed by atoms with van der Waals surface area (Å²) in [6.45, 7) is 1.93. The molecule has 0 atom stereocenters. The van der Waals surface area contributed by atoms with E-state index in [1.165, 1.54) is 0 Å². The minimum atomic E-state index is -0.676. The van der Waals surface area contributed by atoms with Gasteiger partial charge in [0, 0.05) is 5.39 Å². The molecule has 2 aromatic carbocycles. The van der Waals surface area contributed by atoms with Crippen molar-refractivity contribution in [1.82, 2.24) is 0 Å². The Labute approximate surface area is 107 Å². The Balaban J connectivity index is 2.89. The molecule has 7 nitrogen and oxygen atoms in total. The van der Waals surface area contributed by atoms with Gasteiger partial charge in [0.1, 0.15) is 0 Å². The van der Waals surface area contributed by atoms with Gasteiger partial charge < -0.3 is 4.74 Å². The van der Waals surface area contributed by atoms with Gasteiger partial charge in [-0.3, -0.25) is 20.2 Å². The number of hydrogen-bond donors (Lipinski definition) is 0. The van der Waals surface area contributed by atoms with Crippen molar-refractivity contribution in [3.8, 4) is 5.75 Å². The molecule has 0 saturated heterocycles. The van der Waals surface area contributed by atoms with E-state index < -0.39 is 15.5 Å². The van der Waals surface area contributed by atoms with Crippen LogP contribution in [-0.2, 0) is 0 Å². The highest BCUT2D eigenvalue weighted by Gasteiger charge is 2.26. The van der Waals surface area contributed by atoms with Crippen molar-refractivity contribution in [3.63, 3.8) is 0 Å². The third-order valence-corrected chi connectivity index (χ3v) is 2.64. The number of nitro groups is 2. The van der Waals surface area contributed by atoms with Gasteiger partial charge >= 0.3 is 5.69 Å². The molecule has 19 heavy (non-hydrogen) atoms. The number of fused-ring (bicyclic) bond motifs is 1. The minimum Gasteiger partial charge on any atom is -0.487 e. The van der Waals surface area contributed by atoms with E-state index in [1.54, 1.807) is 31.2 Å². The van der Waals surface area contributed by atoms with Gasteiger partial charge in [0.05, 0.1) is 27.9 Å². The first-order valence-corrected chi connectivity index (χ1v) is 5.53. The van der Waals surface area contributed by atoms with Crippen LogP contribution in [0.25, 0.3) is 10.8 Å². The number of hydrogen-bond acceptors (Lipinski definition) is 5. The molecule has 0 N–H and O–H groups in total. The van der Waals surface area contributed by atoms with Crippen LogP contribution < -0.4 is 4.74 Å². The fraction of sp³-hybridized carbons (Fsp3) is 0.167. The fourth-order valence-electron chi connectivity index (χ4n) is 1.90. The van der Waals surface area contributed by atoms with E-state index >= 15 is 0 Å². The normalized spacial score (nSPS) is 10.4. The largest absolute Gasteiger partial charge is 0.487 e. The maximum Gasteiger partial charge on any atom is 0.318 e. The van der Waals surface area contributed by atoms with Crippen molar-refractivity contribution >= 4 is 22.1 Å². The molecule has 0 spiro atoms. The van der Waals surface area contributed by atoms with Gasteiger partial charge in [-0.2, -0.15) is 0 Å². The Hall–Kier alpha value is -2.70. The summed E-state index contributed by atoms with van der Waals surface area (Å²) in [5.74, 6) is 0.0636. The molecule has 0 amide bonds. The molecule has 0 fully saturated rings. The molecule has 2 aromatic rings. The molecule has 0 unspecified atom stereocenters. The van der Waals surface area contributed by atoms with Crippen molar-refractivity contribution in [1.29, 1.82) is 0 Å². The van der Waals surface area contributed by atoms with Crippen LogP contribution in [0, 0.1) is 20.2 Å². The topological polar surface area (TPSA) is 95.5 Å².